The van der Waals surface area contributed by atoms with Gasteiger partial charge >= 0.3 is 0 Å². The highest BCUT2D eigenvalue weighted by molar-refractivity contribution is 7.89. The highest BCUT2D eigenvalue weighted by Crippen LogP contribution is 2.34. The lowest BCUT2D eigenvalue weighted by atomic mass is 9.95. The number of nitrogens with one attached hydrogen (secondary N) is 1. The van der Waals surface area contributed by atoms with Crippen molar-refractivity contribution in [2.45, 2.75) is 70.7 Å². The van der Waals surface area contributed by atoms with Crippen molar-refractivity contribution in [3.8, 4) is 17.1 Å². The van der Waals surface area contributed by atoms with E-state index in [4.69, 9.17) is 9.72 Å². The average Bonchev–Trinajstić information content (AvgIpc) is 3.29. The standard InChI is InChI=1S/C28H37N5O8S/c1-4-7-21-23(18-34)32(6-3)26-25(21)29-27(30-28(26)35)22-17-20(8-9-24(22)40-15-5-2)42(38,39)31-13-10-19(11-14-31)12-16-41-33(36)37/h8-9,17-19H,4-7,10-16H2,1-3H3,(H,29,30,35). The second-order valence-corrected chi connectivity index (χ2v) is 12.2. The topological polar surface area (TPSA) is 167 Å². The van der Waals surface area contributed by atoms with Crippen molar-refractivity contribution >= 4 is 27.3 Å². The van der Waals surface area contributed by atoms with E-state index in [2.05, 4.69) is 9.82 Å². The molecule has 3 heterocycles. The number of piperidine rings is 1. The summed E-state index contributed by atoms with van der Waals surface area (Å²) in [6.45, 7) is 7.10. The number of aryl methyl sites for hydroxylation is 2. The predicted molar refractivity (Wildman–Crippen MR) is 156 cm³/mol. The Kier molecular flexibility index (Phi) is 9.99. The number of carbonyl (C=O) groups is 1. The molecule has 3 aromatic rings. The number of aromatic amines is 1. The molecule has 42 heavy (non-hydrogen) atoms. The number of aldehydes is 1. The quantitative estimate of drug-likeness (QED) is 0.163. The molecule has 0 aliphatic carbocycles. The fourth-order valence-electron chi connectivity index (χ4n) is 5.49. The van der Waals surface area contributed by atoms with Crippen molar-refractivity contribution in [2.24, 2.45) is 5.92 Å². The number of H-pyrrole nitrogens is 1. The van der Waals surface area contributed by atoms with Crippen molar-refractivity contribution < 1.29 is 27.9 Å². The summed E-state index contributed by atoms with van der Waals surface area (Å²) in [7, 11) is -3.90. The van der Waals surface area contributed by atoms with Gasteiger partial charge in [0, 0.05) is 25.2 Å². The molecular weight excluding hydrogens is 566 g/mol. The molecule has 0 saturated carbocycles. The molecule has 0 spiro atoms. The number of hydrogen-bond donors (Lipinski definition) is 1. The van der Waals surface area contributed by atoms with Crippen LogP contribution in [0.4, 0.5) is 0 Å². The van der Waals surface area contributed by atoms with E-state index in [0.717, 1.165) is 12.7 Å². The van der Waals surface area contributed by atoms with Gasteiger partial charge in [-0.1, -0.05) is 20.3 Å². The van der Waals surface area contributed by atoms with Crippen molar-refractivity contribution in [3.05, 3.63) is 49.9 Å². The minimum atomic E-state index is -3.90. The van der Waals surface area contributed by atoms with E-state index >= 15 is 0 Å². The van der Waals surface area contributed by atoms with Gasteiger partial charge in [-0.15, -0.1) is 10.1 Å². The maximum atomic E-state index is 13.7. The van der Waals surface area contributed by atoms with Crippen molar-refractivity contribution in [1.29, 1.82) is 0 Å². The zero-order valence-corrected chi connectivity index (χ0v) is 24.9. The van der Waals surface area contributed by atoms with Crippen LogP contribution in [0.25, 0.3) is 22.4 Å². The molecule has 1 fully saturated rings. The number of carbonyl (C=O) groups excluding carboxylic acids is 1. The summed E-state index contributed by atoms with van der Waals surface area (Å²) in [6, 6.07) is 4.53. The van der Waals surface area contributed by atoms with Crippen LogP contribution in [0.2, 0.25) is 0 Å². The molecule has 13 nitrogen and oxygen atoms in total. The molecule has 1 aliphatic heterocycles. The second-order valence-electron chi connectivity index (χ2n) is 10.3. The summed E-state index contributed by atoms with van der Waals surface area (Å²) < 4.78 is 36.4. The first-order valence-corrected chi connectivity index (χ1v) is 15.7. The van der Waals surface area contributed by atoms with Gasteiger partial charge < -0.3 is 19.1 Å². The third-order valence-corrected chi connectivity index (χ3v) is 9.48. The minimum absolute atomic E-state index is 0.0154. The van der Waals surface area contributed by atoms with Gasteiger partial charge in [0.1, 0.15) is 22.6 Å². The molecular formula is C28H37N5O8S. The second kappa shape index (κ2) is 13.5. The van der Waals surface area contributed by atoms with Crippen molar-refractivity contribution in [3.63, 3.8) is 0 Å². The number of nitrogens with zero attached hydrogens (tertiary/aromatic N) is 4. The lowest BCUT2D eigenvalue weighted by Gasteiger charge is -2.31. The van der Waals surface area contributed by atoms with Gasteiger partial charge in [-0.25, -0.2) is 13.4 Å². The fourth-order valence-corrected chi connectivity index (χ4v) is 6.99. The molecule has 0 atom stereocenters. The number of ether oxygens (including phenoxy) is 1. The molecule has 2 aromatic heterocycles. The van der Waals surface area contributed by atoms with E-state index in [9.17, 15) is 28.1 Å². The van der Waals surface area contributed by atoms with E-state index in [1.165, 1.54) is 16.4 Å². The van der Waals surface area contributed by atoms with Crippen LogP contribution < -0.4 is 10.3 Å². The Morgan fingerprint density at radius 3 is 2.52 bits per heavy atom. The summed E-state index contributed by atoms with van der Waals surface area (Å²) in [5, 5.41) is 9.59. The molecule has 0 bridgehead atoms. The summed E-state index contributed by atoms with van der Waals surface area (Å²) in [6.07, 6.45) is 4.36. The highest BCUT2D eigenvalue weighted by Gasteiger charge is 2.31. The van der Waals surface area contributed by atoms with Gasteiger partial charge in [0.2, 0.25) is 10.0 Å². The average molecular weight is 604 g/mol. The molecule has 1 N–H and O–H groups in total. The number of hydrogen-bond acceptors (Lipinski definition) is 9. The van der Waals surface area contributed by atoms with Gasteiger partial charge in [0.05, 0.1) is 29.4 Å². The number of sulfonamides is 1. The van der Waals surface area contributed by atoms with Crippen molar-refractivity contribution in [2.75, 3.05) is 26.3 Å². The molecule has 4 rings (SSSR count). The first kappa shape index (κ1) is 31.2. The lowest BCUT2D eigenvalue weighted by molar-refractivity contribution is -0.758. The third-order valence-electron chi connectivity index (χ3n) is 7.58. The monoisotopic (exact) mass is 603 g/mol. The molecule has 0 unspecified atom stereocenters. The van der Waals surface area contributed by atoms with Crippen molar-refractivity contribution in [1.82, 2.24) is 18.8 Å². The number of rotatable bonds is 14. The Bertz CT molecular complexity index is 1610. The zero-order chi connectivity index (χ0) is 30.4. The van der Waals surface area contributed by atoms with E-state index in [1.54, 1.807) is 10.6 Å². The van der Waals surface area contributed by atoms with Crippen LogP contribution in [0.15, 0.2) is 27.9 Å². The predicted octanol–water partition coefficient (Wildman–Crippen LogP) is 3.96. The lowest BCUT2D eigenvalue weighted by Crippen LogP contribution is -2.38. The largest absolute Gasteiger partial charge is 0.493 e. The van der Waals surface area contributed by atoms with Crippen LogP contribution in [0.5, 0.6) is 5.75 Å². The summed E-state index contributed by atoms with van der Waals surface area (Å²) in [5.41, 5.74) is 1.71. The summed E-state index contributed by atoms with van der Waals surface area (Å²) >= 11 is 0. The van der Waals surface area contributed by atoms with E-state index in [1.807, 2.05) is 20.8 Å². The normalized spacial score (nSPS) is 14.7. The summed E-state index contributed by atoms with van der Waals surface area (Å²) in [5.74, 6) is 0.662. The van der Waals surface area contributed by atoms with E-state index in [0.29, 0.717) is 78.9 Å². The molecule has 0 amide bonds. The molecule has 1 aromatic carbocycles. The van der Waals surface area contributed by atoms with Crippen LogP contribution >= 0.6 is 0 Å². The first-order valence-electron chi connectivity index (χ1n) is 14.3. The molecule has 1 saturated heterocycles. The van der Waals surface area contributed by atoms with Crippen LogP contribution in [0.3, 0.4) is 0 Å². The van der Waals surface area contributed by atoms with E-state index < -0.39 is 20.7 Å². The Balaban J connectivity index is 1.74. The molecule has 1 aliphatic rings. The Labute approximate surface area is 244 Å². The Morgan fingerprint density at radius 2 is 1.90 bits per heavy atom. The molecule has 14 heteroatoms. The smallest absolute Gasteiger partial charge is 0.294 e. The maximum absolute atomic E-state index is 13.7. The zero-order valence-electron chi connectivity index (χ0n) is 24.1. The highest BCUT2D eigenvalue weighted by atomic mass is 32.2. The van der Waals surface area contributed by atoms with Gasteiger partial charge in [-0.05, 0) is 63.1 Å². The van der Waals surface area contributed by atoms with Crippen LogP contribution in [0.1, 0.15) is 68.9 Å². The summed E-state index contributed by atoms with van der Waals surface area (Å²) in [4.78, 5) is 47.8. The van der Waals surface area contributed by atoms with Gasteiger partial charge in [-0.2, -0.15) is 4.31 Å². The van der Waals surface area contributed by atoms with Gasteiger partial charge in [0.25, 0.3) is 10.6 Å². The van der Waals surface area contributed by atoms with Crippen LogP contribution in [-0.4, -0.2) is 64.9 Å². The molecule has 0 radical (unpaired) electrons. The number of fused-ring (bicyclic) bond motifs is 1. The molecule has 228 valence electrons. The van der Waals surface area contributed by atoms with Gasteiger partial charge in [0.15, 0.2) is 6.29 Å². The van der Waals surface area contributed by atoms with E-state index in [-0.39, 0.29) is 36.3 Å². The number of benzene rings is 1. The fraction of sp³-hybridized carbons (Fsp3) is 0.536. The van der Waals surface area contributed by atoms with Gasteiger partial charge in [-0.3, -0.25) is 9.59 Å². The Morgan fingerprint density at radius 1 is 1.17 bits per heavy atom. The SMILES string of the molecule is CCCOc1ccc(S(=O)(=O)N2CCC(CCO[N+](=O)[O-])CC2)cc1-c1nc2c(CCC)c(C=O)n(CC)c2c(=O)[nH]1. The first-order chi connectivity index (χ1) is 20.2. The number of aromatic nitrogens is 3. The van der Waals surface area contributed by atoms with Crippen LogP contribution in [0, 0.1) is 16.0 Å². The third kappa shape index (κ3) is 6.33. The minimum Gasteiger partial charge on any atom is -0.493 e. The Hall–Kier alpha value is -3.78. The van der Waals surface area contributed by atoms with Crippen LogP contribution in [-0.2, 0) is 27.8 Å². The maximum Gasteiger partial charge on any atom is 0.294 e.